The summed E-state index contributed by atoms with van der Waals surface area (Å²) in [6.07, 6.45) is 9.28. The number of carbonyl (C=O) groups excluding carboxylic acids is 1. The Morgan fingerprint density at radius 3 is 1.84 bits per heavy atom. The fourth-order valence-corrected chi connectivity index (χ4v) is 9.19. The van der Waals surface area contributed by atoms with Crippen molar-refractivity contribution in [1.82, 2.24) is 0 Å². The Balaban J connectivity index is 1.92. The Morgan fingerprint density at radius 2 is 1.35 bits per heavy atom. The summed E-state index contributed by atoms with van der Waals surface area (Å²) >= 11 is 0. The zero-order chi connectivity index (χ0) is 26.3. The van der Waals surface area contributed by atoms with Gasteiger partial charge in [-0.3, -0.25) is 4.79 Å². The molecule has 37 heavy (non-hydrogen) atoms. The molecule has 0 aliphatic heterocycles. The molecule has 0 amide bonds. The molecule has 3 aromatic rings. The molecule has 1 fully saturated rings. The summed E-state index contributed by atoms with van der Waals surface area (Å²) in [4.78, 5) is 14.7. The van der Waals surface area contributed by atoms with Crippen LogP contribution >= 0.6 is 0 Å². The fourth-order valence-electron chi connectivity index (χ4n) is 5.93. The monoisotopic (exact) mass is 510 g/mol. The van der Waals surface area contributed by atoms with Crippen molar-refractivity contribution in [3.8, 4) is 0 Å². The van der Waals surface area contributed by atoms with E-state index in [1.54, 1.807) is 0 Å². The molecular weight excluding hydrogens is 468 g/mol. The van der Waals surface area contributed by atoms with Gasteiger partial charge < -0.3 is 4.43 Å². The molecule has 0 N–H and O–H groups in total. The van der Waals surface area contributed by atoms with Crippen molar-refractivity contribution in [2.75, 3.05) is 0 Å². The Labute approximate surface area is 224 Å². The highest BCUT2D eigenvalue weighted by Gasteiger charge is 2.49. The van der Waals surface area contributed by atoms with Crippen LogP contribution in [0.2, 0.25) is 6.55 Å². The van der Waals surface area contributed by atoms with Crippen molar-refractivity contribution in [1.29, 1.82) is 0 Å². The highest BCUT2D eigenvalue weighted by Crippen LogP contribution is 2.38. The molecule has 194 valence electrons. The van der Waals surface area contributed by atoms with Gasteiger partial charge in [0.05, 0.1) is 0 Å². The molecule has 1 atom stereocenters. The van der Waals surface area contributed by atoms with Crippen LogP contribution in [0.4, 0.5) is 0 Å². The lowest BCUT2D eigenvalue weighted by Gasteiger charge is -2.43. The number of carbonyl (C=O) groups is 1. The molecule has 1 saturated carbocycles. The Bertz CT molecular complexity index is 1120. The van der Waals surface area contributed by atoms with E-state index < -0.39 is 13.9 Å². The Hall–Kier alpha value is -2.75. The third kappa shape index (κ3) is 6.22. The summed E-state index contributed by atoms with van der Waals surface area (Å²) in [5.74, 6) is 0.873. The first kappa shape index (κ1) is 27.3. The van der Waals surface area contributed by atoms with Crippen molar-refractivity contribution in [3.63, 3.8) is 0 Å². The van der Waals surface area contributed by atoms with Crippen molar-refractivity contribution in [2.24, 2.45) is 11.8 Å². The lowest BCUT2D eigenvalue weighted by Crippen LogP contribution is -2.64. The molecule has 0 aromatic heterocycles. The maximum atomic E-state index is 14.7. The highest BCUT2D eigenvalue weighted by molar-refractivity contribution is 6.96. The minimum Gasteiger partial charge on any atom is -0.392 e. The topological polar surface area (TPSA) is 26.3 Å². The molecule has 0 radical (unpaired) electrons. The van der Waals surface area contributed by atoms with E-state index in [4.69, 9.17) is 4.43 Å². The number of ketones is 1. The number of Topliss-reactive ketones (excluding diaryl/α,β-unsaturated/α-hetero) is 1. The largest absolute Gasteiger partial charge is 0.392 e. The van der Waals surface area contributed by atoms with Gasteiger partial charge in [0.15, 0.2) is 5.78 Å². The van der Waals surface area contributed by atoms with Crippen LogP contribution in [0.1, 0.15) is 69.7 Å². The quantitative estimate of drug-likeness (QED) is 0.160. The third-order valence-corrected chi connectivity index (χ3v) is 11.5. The van der Waals surface area contributed by atoms with Crippen LogP contribution in [0, 0.1) is 11.8 Å². The van der Waals surface area contributed by atoms with Crippen LogP contribution in [0.3, 0.4) is 0 Å². The zero-order valence-electron chi connectivity index (χ0n) is 23.0. The van der Waals surface area contributed by atoms with Crippen LogP contribution in [0.15, 0.2) is 103 Å². The van der Waals surface area contributed by atoms with Gasteiger partial charge in [-0.1, -0.05) is 130 Å². The van der Waals surface area contributed by atoms with Gasteiger partial charge in [0.25, 0.3) is 8.32 Å². The molecule has 0 heterocycles. The first-order valence-electron chi connectivity index (χ1n) is 13.9. The second-order valence-electron chi connectivity index (χ2n) is 11.2. The van der Waals surface area contributed by atoms with Crippen LogP contribution in [-0.2, 0) is 4.43 Å². The van der Waals surface area contributed by atoms with E-state index in [1.807, 2.05) is 42.5 Å². The van der Waals surface area contributed by atoms with Gasteiger partial charge in [0.1, 0.15) is 5.60 Å². The average molecular weight is 511 g/mol. The zero-order valence-corrected chi connectivity index (χ0v) is 24.0. The lowest BCUT2D eigenvalue weighted by molar-refractivity contribution is 0.0486. The maximum absolute atomic E-state index is 14.7. The Kier molecular flexibility index (Phi) is 8.99. The average Bonchev–Trinajstić information content (AvgIpc) is 2.94. The summed E-state index contributed by atoms with van der Waals surface area (Å²) < 4.78 is 7.55. The van der Waals surface area contributed by atoms with Gasteiger partial charge in [-0.15, -0.1) is 0 Å². The van der Waals surface area contributed by atoms with Crippen LogP contribution in [-0.4, -0.2) is 19.7 Å². The lowest BCUT2D eigenvalue weighted by atomic mass is 9.77. The number of hydrogen-bond acceptors (Lipinski definition) is 2. The summed E-state index contributed by atoms with van der Waals surface area (Å²) in [6, 6.07) is 30.9. The van der Waals surface area contributed by atoms with E-state index in [0.717, 1.165) is 11.1 Å². The first-order valence-corrected chi connectivity index (χ1v) is 16.4. The molecular formula is C34H42O2Si. The van der Waals surface area contributed by atoms with Crippen LogP contribution in [0.5, 0.6) is 0 Å². The fraction of sp³-hybridized carbons (Fsp3) is 0.382. The van der Waals surface area contributed by atoms with Gasteiger partial charge in [-0.05, 0) is 60.5 Å². The van der Waals surface area contributed by atoms with E-state index in [1.165, 1.54) is 42.5 Å². The molecule has 0 spiro atoms. The summed E-state index contributed by atoms with van der Waals surface area (Å²) in [5.41, 5.74) is 0.768. The van der Waals surface area contributed by atoms with Crippen LogP contribution < -0.4 is 10.4 Å². The van der Waals surface area contributed by atoms with Crippen molar-refractivity contribution < 1.29 is 9.22 Å². The van der Waals surface area contributed by atoms with E-state index in [0.29, 0.717) is 12.3 Å². The number of rotatable bonds is 10. The third-order valence-electron chi connectivity index (χ3n) is 7.90. The van der Waals surface area contributed by atoms with E-state index in [-0.39, 0.29) is 11.7 Å². The van der Waals surface area contributed by atoms with Gasteiger partial charge in [0.2, 0.25) is 0 Å². The highest BCUT2D eigenvalue weighted by atomic mass is 28.4. The van der Waals surface area contributed by atoms with Crippen molar-refractivity contribution in [3.05, 3.63) is 108 Å². The SMILES string of the molecule is C/C(=C\C1CCCCC1)C(CC(C)C)(O[Si](C)(c1ccccc1)c1ccccc1)C(=O)c1ccccc1. The summed E-state index contributed by atoms with van der Waals surface area (Å²) in [7, 11) is -2.79. The van der Waals surface area contributed by atoms with Gasteiger partial charge in [0, 0.05) is 5.56 Å². The molecule has 0 bridgehead atoms. The minimum atomic E-state index is -2.79. The molecule has 0 saturated heterocycles. The molecule has 2 nitrogen and oxygen atoms in total. The normalized spacial score (nSPS) is 16.9. The van der Waals surface area contributed by atoms with E-state index >= 15 is 0 Å². The predicted octanol–water partition coefficient (Wildman–Crippen LogP) is 7.59. The molecule has 1 aliphatic rings. The van der Waals surface area contributed by atoms with Crippen LogP contribution in [0.25, 0.3) is 0 Å². The second-order valence-corrected chi connectivity index (χ2v) is 14.7. The summed E-state index contributed by atoms with van der Waals surface area (Å²) in [5, 5.41) is 2.36. The maximum Gasteiger partial charge on any atom is 0.254 e. The number of benzene rings is 3. The molecule has 3 aromatic carbocycles. The van der Waals surface area contributed by atoms with Gasteiger partial charge in [-0.25, -0.2) is 0 Å². The van der Waals surface area contributed by atoms with Gasteiger partial charge >= 0.3 is 0 Å². The molecule has 1 unspecified atom stereocenters. The Morgan fingerprint density at radius 1 is 0.865 bits per heavy atom. The van der Waals surface area contributed by atoms with Crippen molar-refractivity contribution >= 4 is 24.5 Å². The smallest absolute Gasteiger partial charge is 0.254 e. The second kappa shape index (κ2) is 12.2. The number of allylic oxidation sites excluding steroid dienone is 1. The predicted molar refractivity (Wildman–Crippen MR) is 158 cm³/mol. The molecule has 3 heteroatoms. The minimum absolute atomic E-state index is 0.0805. The van der Waals surface area contributed by atoms with E-state index in [2.05, 4.69) is 81.9 Å². The van der Waals surface area contributed by atoms with Crippen molar-refractivity contribution in [2.45, 2.75) is 71.4 Å². The number of hydrogen-bond donors (Lipinski definition) is 0. The summed E-state index contributed by atoms with van der Waals surface area (Å²) in [6.45, 7) is 8.82. The first-order chi connectivity index (χ1) is 17.8. The molecule has 4 rings (SSSR count). The standard InChI is InChI=1S/C34H42O2Si/c1-27(2)26-34(33(35)30-19-11-6-12-20-30,28(3)25-29-17-9-5-10-18-29)36-37(4,31-21-13-7-14-22-31)32-23-15-8-16-24-32/h6-8,11-16,19-25,27,29H,5,9-10,17-18,26H2,1-4H3/b28-25+. The molecule has 1 aliphatic carbocycles. The van der Waals surface area contributed by atoms with Gasteiger partial charge in [-0.2, -0.15) is 0 Å². The van der Waals surface area contributed by atoms with E-state index in [9.17, 15) is 4.79 Å².